The monoisotopic (exact) mass is 661 g/mol. The van der Waals surface area contributed by atoms with Crippen molar-refractivity contribution in [3.05, 3.63) is 140 Å². The predicted molar refractivity (Wildman–Crippen MR) is 178 cm³/mol. The van der Waals surface area contributed by atoms with Gasteiger partial charge in [0.15, 0.2) is 0 Å². The smallest absolute Gasteiger partial charge is 0.255 e. The maximum atomic E-state index is 13.8. The number of amides is 1. The minimum atomic E-state index is -0.584. The molecule has 1 aliphatic heterocycles. The van der Waals surface area contributed by atoms with E-state index >= 15 is 0 Å². The predicted octanol–water partition coefficient (Wildman–Crippen LogP) is 9.04. The van der Waals surface area contributed by atoms with E-state index in [-0.39, 0.29) is 12.5 Å². The molecule has 0 saturated heterocycles. The molecule has 1 aliphatic rings. The van der Waals surface area contributed by atoms with Crippen LogP contribution in [0.2, 0.25) is 15.1 Å². The highest BCUT2D eigenvalue weighted by Crippen LogP contribution is 2.38. The summed E-state index contributed by atoms with van der Waals surface area (Å²) in [4.78, 5) is 18.6. The summed E-state index contributed by atoms with van der Waals surface area (Å²) in [5.41, 5.74) is 4.46. The molecule has 0 bridgehead atoms. The van der Waals surface area contributed by atoms with E-state index in [1.54, 1.807) is 16.8 Å². The largest absolute Gasteiger partial charge is 0.489 e. The molecule has 1 unspecified atom stereocenters. The normalized spacial score (nSPS) is 14.1. The second-order valence-electron chi connectivity index (χ2n) is 10.0. The zero-order valence-corrected chi connectivity index (χ0v) is 26.5. The number of thioether (sulfide) groups is 1. The van der Waals surface area contributed by atoms with Crippen LogP contribution in [0.4, 0.5) is 11.6 Å². The third kappa shape index (κ3) is 6.74. The number of carbonyl (C=O) groups excluding carboxylic acids is 1. The number of fused-ring (bicyclic) bond motifs is 1. The van der Waals surface area contributed by atoms with Crippen molar-refractivity contribution in [2.45, 2.75) is 30.5 Å². The SMILES string of the molecule is CC1=C(C(=O)Nc2ccccc2)C(c2cccc(OCc3ccc(Cl)cc3Cl)c2)n2nc(SCc3ccccc3Cl)nc2N1. The molecule has 2 N–H and O–H groups in total. The van der Waals surface area contributed by atoms with Crippen LogP contribution in [0.5, 0.6) is 5.75 Å². The van der Waals surface area contributed by atoms with Gasteiger partial charge >= 0.3 is 0 Å². The molecule has 222 valence electrons. The van der Waals surface area contributed by atoms with Crippen LogP contribution >= 0.6 is 46.6 Å². The van der Waals surface area contributed by atoms with Gasteiger partial charge in [0.25, 0.3) is 5.91 Å². The standard InChI is InChI=1S/C33H26Cl3N5O2S/c1-20-29(31(42)38-25-10-3-2-4-11-25)30(21-9-7-12-26(16-21)43-18-22-14-15-24(34)17-28(22)36)41-32(37-20)39-33(40-41)44-19-23-8-5-6-13-27(23)35/h2-17,30H,18-19H2,1H3,(H,38,42)(H,37,39,40). The van der Waals surface area contributed by atoms with Crippen molar-refractivity contribution in [3.63, 3.8) is 0 Å². The fourth-order valence-corrected chi connectivity index (χ4v) is 6.42. The number of allylic oxidation sites excluding steroid dienone is 1. The van der Waals surface area contributed by atoms with Gasteiger partial charge in [-0.2, -0.15) is 4.98 Å². The Morgan fingerprint density at radius 2 is 1.73 bits per heavy atom. The first-order valence-corrected chi connectivity index (χ1v) is 15.8. The van der Waals surface area contributed by atoms with Gasteiger partial charge in [0, 0.05) is 37.8 Å². The number of rotatable bonds is 9. The molecule has 1 atom stereocenters. The van der Waals surface area contributed by atoms with Crippen molar-refractivity contribution in [3.8, 4) is 5.75 Å². The van der Waals surface area contributed by atoms with E-state index in [1.807, 2.05) is 91.9 Å². The maximum absolute atomic E-state index is 13.8. The minimum Gasteiger partial charge on any atom is -0.489 e. The summed E-state index contributed by atoms with van der Waals surface area (Å²) >= 11 is 20.3. The van der Waals surface area contributed by atoms with Gasteiger partial charge in [-0.25, -0.2) is 4.68 Å². The van der Waals surface area contributed by atoms with Crippen LogP contribution in [-0.2, 0) is 17.2 Å². The van der Waals surface area contributed by atoms with Gasteiger partial charge in [-0.1, -0.05) is 101 Å². The Morgan fingerprint density at radius 1 is 0.932 bits per heavy atom. The molecule has 0 fully saturated rings. The molecule has 1 aromatic heterocycles. The van der Waals surface area contributed by atoms with Crippen LogP contribution in [-0.4, -0.2) is 20.7 Å². The number of ether oxygens (including phenoxy) is 1. The van der Waals surface area contributed by atoms with Gasteiger partial charge in [-0.3, -0.25) is 4.79 Å². The maximum Gasteiger partial charge on any atom is 0.255 e. The molecule has 0 saturated carbocycles. The first-order valence-electron chi connectivity index (χ1n) is 13.7. The van der Waals surface area contributed by atoms with E-state index < -0.39 is 6.04 Å². The summed E-state index contributed by atoms with van der Waals surface area (Å²) in [5, 5.41) is 13.5. The van der Waals surface area contributed by atoms with Gasteiger partial charge < -0.3 is 15.4 Å². The number of hydrogen-bond acceptors (Lipinski definition) is 6. The number of benzene rings is 4. The summed E-state index contributed by atoms with van der Waals surface area (Å²) in [6, 6.07) is 29.4. The fourth-order valence-electron chi connectivity index (χ4n) is 4.85. The number of anilines is 2. The van der Waals surface area contributed by atoms with Crippen molar-refractivity contribution < 1.29 is 9.53 Å². The summed E-state index contributed by atoms with van der Waals surface area (Å²) in [6.07, 6.45) is 0. The number of para-hydroxylation sites is 1. The van der Waals surface area contributed by atoms with Crippen molar-refractivity contribution in [1.82, 2.24) is 14.8 Å². The highest BCUT2D eigenvalue weighted by atomic mass is 35.5. The van der Waals surface area contributed by atoms with E-state index in [4.69, 9.17) is 49.6 Å². The molecule has 1 amide bonds. The molecule has 7 nitrogen and oxygen atoms in total. The quantitative estimate of drug-likeness (QED) is 0.153. The van der Waals surface area contributed by atoms with Crippen LogP contribution in [0.3, 0.4) is 0 Å². The third-order valence-corrected chi connectivity index (χ3v) is 8.85. The Morgan fingerprint density at radius 3 is 2.52 bits per heavy atom. The molecule has 2 heterocycles. The second-order valence-corrected chi connectivity index (χ2v) is 12.2. The van der Waals surface area contributed by atoms with Gasteiger partial charge in [0.1, 0.15) is 18.4 Å². The Balaban J connectivity index is 1.33. The Kier molecular flexibility index (Phi) is 9.14. The van der Waals surface area contributed by atoms with Crippen LogP contribution in [0.25, 0.3) is 0 Å². The lowest BCUT2D eigenvalue weighted by Crippen LogP contribution is -2.31. The van der Waals surface area contributed by atoms with Crippen molar-refractivity contribution >= 4 is 64.1 Å². The second kappa shape index (κ2) is 13.4. The lowest BCUT2D eigenvalue weighted by molar-refractivity contribution is -0.113. The number of carbonyl (C=O) groups is 1. The zero-order valence-electron chi connectivity index (χ0n) is 23.4. The molecule has 5 aromatic rings. The van der Waals surface area contributed by atoms with Gasteiger partial charge in [0.05, 0.1) is 5.57 Å². The molecule has 0 radical (unpaired) electrons. The van der Waals surface area contributed by atoms with Crippen LogP contribution in [0.1, 0.15) is 29.7 Å². The van der Waals surface area contributed by atoms with E-state index in [0.29, 0.717) is 54.6 Å². The summed E-state index contributed by atoms with van der Waals surface area (Å²) in [7, 11) is 0. The summed E-state index contributed by atoms with van der Waals surface area (Å²) < 4.78 is 7.88. The molecule has 0 aliphatic carbocycles. The zero-order chi connectivity index (χ0) is 30.6. The van der Waals surface area contributed by atoms with Gasteiger partial charge in [0.2, 0.25) is 11.1 Å². The molecule has 44 heavy (non-hydrogen) atoms. The lowest BCUT2D eigenvalue weighted by atomic mass is 9.95. The van der Waals surface area contributed by atoms with E-state index in [0.717, 1.165) is 16.7 Å². The van der Waals surface area contributed by atoms with Crippen LogP contribution < -0.4 is 15.4 Å². The molecule has 0 spiro atoms. The Bertz CT molecular complexity index is 1860. The first-order chi connectivity index (χ1) is 21.4. The van der Waals surface area contributed by atoms with E-state index in [9.17, 15) is 4.79 Å². The Hall–Kier alpha value is -3.95. The van der Waals surface area contributed by atoms with Crippen molar-refractivity contribution in [2.24, 2.45) is 0 Å². The minimum absolute atomic E-state index is 0.249. The molecular weight excluding hydrogens is 637 g/mol. The average molecular weight is 663 g/mol. The van der Waals surface area contributed by atoms with E-state index in [1.165, 1.54) is 11.8 Å². The average Bonchev–Trinajstić information content (AvgIpc) is 3.42. The Labute approximate surface area is 274 Å². The van der Waals surface area contributed by atoms with Crippen molar-refractivity contribution in [2.75, 3.05) is 10.6 Å². The molecular formula is C33H26Cl3N5O2S. The van der Waals surface area contributed by atoms with Crippen molar-refractivity contribution in [1.29, 1.82) is 0 Å². The number of nitrogens with one attached hydrogen (secondary N) is 2. The molecule has 6 rings (SSSR count). The van der Waals surface area contributed by atoms with Gasteiger partial charge in [-0.15, -0.1) is 5.10 Å². The summed E-state index contributed by atoms with van der Waals surface area (Å²) in [5.74, 6) is 1.49. The fraction of sp³-hybridized carbons (Fsp3) is 0.121. The highest BCUT2D eigenvalue weighted by Gasteiger charge is 2.34. The topological polar surface area (TPSA) is 81.1 Å². The van der Waals surface area contributed by atoms with E-state index in [2.05, 4.69) is 10.6 Å². The number of halogens is 3. The van der Waals surface area contributed by atoms with Gasteiger partial charge in [-0.05, 0) is 60.5 Å². The lowest BCUT2D eigenvalue weighted by Gasteiger charge is -2.29. The number of hydrogen-bond donors (Lipinski definition) is 2. The number of aromatic nitrogens is 3. The number of nitrogens with zero attached hydrogens (tertiary/aromatic N) is 3. The van der Waals surface area contributed by atoms with Crippen LogP contribution in [0.15, 0.2) is 113 Å². The third-order valence-electron chi connectivity index (χ3n) is 7.01. The first kappa shape index (κ1) is 30.1. The van der Waals surface area contributed by atoms with Crippen LogP contribution in [0, 0.1) is 0 Å². The molecule has 4 aromatic carbocycles. The summed E-state index contributed by atoms with van der Waals surface area (Å²) in [6.45, 7) is 2.11. The highest BCUT2D eigenvalue weighted by molar-refractivity contribution is 7.98. The molecule has 11 heteroatoms.